The van der Waals surface area contributed by atoms with Gasteiger partial charge in [-0.3, -0.25) is 4.79 Å². The van der Waals surface area contributed by atoms with Crippen LogP contribution in [-0.2, 0) is 14.3 Å². The summed E-state index contributed by atoms with van der Waals surface area (Å²) in [5.41, 5.74) is 0. The Morgan fingerprint density at radius 1 is 1.41 bits per heavy atom. The van der Waals surface area contributed by atoms with E-state index in [1.807, 2.05) is 18.7 Å². The average Bonchev–Trinajstić information content (AvgIpc) is 2.76. The van der Waals surface area contributed by atoms with E-state index in [9.17, 15) is 4.79 Å². The number of halogens is 1. The fraction of sp³-hybridized carbons (Fsp3) is 0.917. The van der Waals surface area contributed by atoms with Crippen LogP contribution < -0.4 is 0 Å². The van der Waals surface area contributed by atoms with Gasteiger partial charge in [-0.25, -0.2) is 0 Å². The van der Waals surface area contributed by atoms with E-state index in [2.05, 4.69) is 0 Å². The minimum atomic E-state index is -0.262. The number of hydrogen-bond donors (Lipinski definition) is 0. The van der Waals surface area contributed by atoms with Crippen molar-refractivity contribution in [2.45, 2.75) is 51.0 Å². The first-order chi connectivity index (χ1) is 8.11. The molecule has 1 amide bonds. The lowest BCUT2D eigenvalue weighted by Gasteiger charge is -2.38. The fourth-order valence-electron chi connectivity index (χ4n) is 2.39. The van der Waals surface area contributed by atoms with Crippen molar-refractivity contribution in [1.29, 1.82) is 0 Å². The third-order valence-electron chi connectivity index (χ3n) is 3.47. The molecule has 2 aliphatic rings. The first kappa shape index (κ1) is 13.1. The Morgan fingerprint density at radius 2 is 2.18 bits per heavy atom. The largest absolute Gasteiger partial charge is 0.373 e. The lowest BCUT2D eigenvalue weighted by atomic mass is 10.1. The molecule has 0 bridgehead atoms. The van der Waals surface area contributed by atoms with Gasteiger partial charge in [0.05, 0.1) is 30.7 Å². The highest BCUT2D eigenvalue weighted by atomic mass is 35.5. The van der Waals surface area contributed by atoms with Crippen molar-refractivity contribution < 1.29 is 14.3 Å². The molecule has 4 unspecified atom stereocenters. The number of rotatable bonds is 2. The van der Waals surface area contributed by atoms with Crippen LogP contribution in [0, 0.1) is 0 Å². The summed E-state index contributed by atoms with van der Waals surface area (Å²) in [7, 11) is 0. The van der Waals surface area contributed by atoms with Crippen molar-refractivity contribution in [2.75, 3.05) is 19.0 Å². The molecule has 0 aromatic heterocycles. The molecule has 17 heavy (non-hydrogen) atoms. The van der Waals surface area contributed by atoms with E-state index in [4.69, 9.17) is 21.1 Å². The summed E-state index contributed by atoms with van der Waals surface area (Å²) in [6.45, 7) is 5.15. The van der Waals surface area contributed by atoms with Crippen LogP contribution in [-0.4, -0.2) is 54.2 Å². The highest BCUT2D eigenvalue weighted by Crippen LogP contribution is 2.23. The monoisotopic (exact) mass is 261 g/mol. The van der Waals surface area contributed by atoms with E-state index in [1.165, 1.54) is 0 Å². The fourth-order valence-corrected chi connectivity index (χ4v) is 2.57. The summed E-state index contributed by atoms with van der Waals surface area (Å²) in [4.78, 5) is 14.2. The maximum absolute atomic E-state index is 12.3. The van der Waals surface area contributed by atoms with E-state index in [1.54, 1.807) is 0 Å². The van der Waals surface area contributed by atoms with Crippen molar-refractivity contribution >= 4 is 17.5 Å². The van der Waals surface area contributed by atoms with E-state index >= 15 is 0 Å². The number of carbonyl (C=O) groups is 1. The Hall–Kier alpha value is -0.320. The molecule has 0 aliphatic carbocycles. The SMILES string of the molecule is CC1CCC(C(=O)N2CC(CCl)OCC2C)O1. The van der Waals surface area contributed by atoms with Gasteiger partial charge in [0.15, 0.2) is 0 Å². The van der Waals surface area contributed by atoms with Gasteiger partial charge in [0.25, 0.3) is 5.91 Å². The first-order valence-electron chi connectivity index (χ1n) is 6.25. The number of hydrogen-bond acceptors (Lipinski definition) is 3. The zero-order chi connectivity index (χ0) is 12.4. The maximum Gasteiger partial charge on any atom is 0.252 e. The van der Waals surface area contributed by atoms with Gasteiger partial charge in [-0.2, -0.15) is 0 Å². The normalized spacial score (nSPS) is 38.4. The molecule has 2 rings (SSSR count). The zero-order valence-electron chi connectivity index (χ0n) is 10.4. The van der Waals surface area contributed by atoms with Crippen LogP contribution in [0.3, 0.4) is 0 Å². The van der Waals surface area contributed by atoms with Crippen LogP contribution in [0.1, 0.15) is 26.7 Å². The van der Waals surface area contributed by atoms with Crippen LogP contribution in [0.25, 0.3) is 0 Å². The minimum absolute atomic E-state index is 0.0457. The van der Waals surface area contributed by atoms with Gasteiger partial charge in [0, 0.05) is 6.54 Å². The Balaban J connectivity index is 1.97. The van der Waals surface area contributed by atoms with Crippen LogP contribution in [0.5, 0.6) is 0 Å². The molecule has 0 aromatic carbocycles. The van der Waals surface area contributed by atoms with E-state index in [0.717, 1.165) is 12.8 Å². The number of nitrogens with zero attached hydrogens (tertiary/aromatic N) is 1. The Labute approximate surface area is 107 Å². The van der Waals surface area contributed by atoms with Crippen LogP contribution >= 0.6 is 11.6 Å². The quantitative estimate of drug-likeness (QED) is 0.706. The topological polar surface area (TPSA) is 38.8 Å². The predicted molar refractivity (Wildman–Crippen MR) is 65.2 cm³/mol. The first-order valence-corrected chi connectivity index (χ1v) is 6.78. The lowest BCUT2D eigenvalue weighted by molar-refractivity contribution is -0.154. The molecule has 98 valence electrons. The van der Waals surface area contributed by atoms with Crippen molar-refractivity contribution in [1.82, 2.24) is 4.90 Å². The number of ether oxygens (including phenoxy) is 2. The summed E-state index contributed by atoms with van der Waals surface area (Å²) in [6.07, 6.45) is 1.69. The van der Waals surface area contributed by atoms with E-state index in [0.29, 0.717) is 19.0 Å². The summed E-state index contributed by atoms with van der Waals surface area (Å²) in [6, 6.07) is 0.112. The van der Waals surface area contributed by atoms with Crippen molar-refractivity contribution in [3.05, 3.63) is 0 Å². The second kappa shape index (κ2) is 5.55. The lowest BCUT2D eigenvalue weighted by Crippen LogP contribution is -2.54. The van der Waals surface area contributed by atoms with Crippen molar-refractivity contribution in [3.8, 4) is 0 Å². The standard InChI is InChI=1S/C12H20ClNO3/c1-8-7-16-10(5-13)6-14(8)12(15)11-4-3-9(2)17-11/h8-11H,3-7H2,1-2H3. The number of amides is 1. The summed E-state index contributed by atoms with van der Waals surface area (Å²) < 4.78 is 11.2. The zero-order valence-corrected chi connectivity index (χ0v) is 11.2. The Bertz CT molecular complexity index is 287. The predicted octanol–water partition coefficient (Wildman–Crippen LogP) is 1.41. The molecule has 2 aliphatic heterocycles. The third kappa shape index (κ3) is 2.92. The minimum Gasteiger partial charge on any atom is -0.373 e. The molecule has 2 heterocycles. The molecule has 0 saturated carbocycles. The van der Waals surface area contributed by atoms with Crippen LogP contribution in [0.4, 0.5) is 0 Å². The number of morpholine rings is 1. The molecule has 0 spiro atoms. The molecule has 0 aromatic rings. The van der Waals surface area contributed by atoms with Gasteiger partial charge in [-0.1, -0.05) is 0 Å². The summed E-state index contributed by atoms with van der Waals surface area (Å²) >= 11 is 5.79. The average molecular weight is 262 g/mol. The summed E-state index contributed by atoms with van der Waals surface area (Å²) in [5.74, 6) is 0.526. The second-order valence-electron chi connectivity index (χ2n) is 4.96. The Kier molecular flexibility index (Phi) is 4.28. The number of alkyl halides is 1. The molecule has 4 nitrogen and oxygen atoms in total. The molecule has 0 N–H and O–H groups in total. The van der Waals surface area contributed by atoms with Gasteiger partial charge in [-0.15, -0.1) is 11.6 Å². The molecular weight excluding hydrogens is 242 g/mol. The van der Waals surface area contributed by atoms with Gasteiger partial charge in [0.2, 0.25) is 0 Å². The van der Waals surface area contributed by atoms with Crippen LogP contribution in [0.15, 0.2) is 0 Å². The van der Waals surface area contributed by atoms with Crippen LogP contribution in [0.2, 0.25) is 0 Å². The maximum atomic E-state index is 12.3. The molecule has 4 atom stereocenters. The highest BCUT2D eigenvalue weighted by molar-refractivity contribution is 6.18. The number of carbonyl (C=O) groups excluding carboxylic acids is 1. The molecule has 2 fully saturated rings. The van der Waals surface area contributed by atoms with E-state index in [-0.39, 0.29) is 30.3 Å². The summed E-state index contributed by atoms with van der Waals surface area (Å²) in [5, 5.41) is 0. The van der Waals surface area contributed by atoms with Crippen molar-refractivity contribution in [2.24, 2.45) is 0 Å². The molecule has 0 radical (unpaired) electrons. The van der Waals surface area contributed by atoms with Gasteiger partial charge < -0.3 is 14.4 Å². The van der Waals surface area contributed by atoms with Gasteiger partial charge in [-0.05, 0) is 26.7 Å². The molecule has 2 saturated heterocycles. The van der Waals surface area contributed by atoms with Gasteiger partial charge in [0.1, 0.15) is 6.10 Å². The van der Waals surface area contributed by atoms with E-state index < -0.39 is 0 Å². The third-order valence-corrected chi connectivity index (χ3v) is 3.81. The van der Waals surface area contributed by atoms with Gasteiger partial charge >= 0.3 is 0 Å². The smallest absolute Gasteiger partial charge is 0.252 e. The highest BCUT2D eigenvalue weighted by Gasteiger charge is 2.36. The second-order valence-corrected chi connectivity index (χ2v) is 5.27. The Morgan fingerprint density at radius 3 is 2.76 bits per heavy atom. The molecular formula is C12H20ClNO3. The molecule has 5 heteroatoms. The van der Waals surface area contributed by atoms with Crippen molar-refractivity contribution in [3.63, 3.8) is 0 Å².